The molecule has 0 bridgehead atoms. The third-order valence-electron chi connectivity index (χ3n) is 2.51. The highest BCUT2D eigenvalue weighted by Gasteiger charge is 2.15. The summed E-state index contributed by atoms with van der Waals surface area (Å²) in [6, 6.07) is 3.83. The Hall–Kier alpha value is -1.66. The molecule has 2 rings (SSSR count). The summed E-state index contributed by atoms with van der Waals surface area (Å²) in [5.74, 6) is 2.83. The second-order valence-electron chi connectivity index (χ2n) is 4.05. The number of hydrogen-bond donors (Lipinski definition) is 1. The Bertz CT molecular complexity index is 492. The van der Waals surface area contributed by atoms with E-state index in [4.69, 9.17) is 13.6 Å². The van der Waals surface area contributed by atoms with Crippen LogP contribution in [0.1, 0.15) is 29.3 Å². The first-order valence-electron chi connectivity index (χ1n) is 5.76. The molecule has 0 aliphatic carbocycles. The summed E-state index contributed by atoms with van der Waals surface area (Å²) in [6.07, 6.45) is 0. The highest BCUT2D eigenvalue weighted by Crippen LogP contribution is 2.17. The van der Waals surface area contributed by atoms with Gasteiger partial charge < -0.3 is 13.6 Å². The molecule has 98 valence electrons. The predicted octanol–water partition coefficient (Wildman–Crippen LogP) is 1.76. The minimum absolute atomic E-state index is 0.0316. The van der Waals surface area contributed by atoms with Crippen LogP contribution in [0.4, 0.5) is 0 Å². The number of hydrogen-bond acceptors (Lipinski definition) is 6. The molecule has 18 heavy (non-hydrogen) atoms. The molecule has 6 nitrogen and oxygen atoms in total. The SMILES string of the molecule is COCC(NCc1nnc(C)o1)c1ccc(C)o1. The van der Waals surface area contributed by atoms with Crippen LogP contribution in [-0.4, -0.2) is 23.9 Å². The van der Waals surface area contributed by atoms with E-state index in [1.807, 2.05) is 19.1 Å². The van der Waals surface area contributed by atoms with E-state index >= 15 is 0 Å². The number of furan rings is 1. The largest absolute Gasteiger partial charge is 0.465 e. The molecule has 1 atom stereocenters. The summed E-state index contributed by atoms with van der Waals surface area (Å²) in [5.41, 5.74) is 0. The molecule has 2 aromatic rings. The number of methoxy groups -OCH3 is 1. The zero-order valence-corrected chi connectivity index (χ0v) is 10.8. The molecule has 1 N–H and O–H groups in total. The monoisotopic (exact) mass is 251 g/mol. The Labute approximate surface area is 105 Å². The van der Waals surface area contributed by atoms with Gasteiger partial charge in [-0.3, -0.25) is 5.32 Å². The van der Waals surface area contributed by atoms with Crippen LogP contribution in [0, 0.1) is 13.8 Å². The minimum atomic E-state index is -0.0316. The first kappa shape index (κ1) is 12.8. The highest BCUT2D eigenvalue weighted by atomic mass is 16.5. The number of rotatable bonds is 6. The van der Waals surface area contributed by atoms with E-state index in [-0.39, 0.29) is 6.04 Å². The molecule has 0 aromatic carbocycles. The van der Waals surface area contributed by atoms with Crippen molar-refractivity contribution in [2.24, 2.45) is 0 Å². The van der Waals surface area contributed by atoms with Crippen molar-refractivity contribution in [1.82, 2.24) is 15.5 Å². The van der Waals surface area contributed by atoms with E-state index in [1.54, 1.807) is 14.0 Å². The summed E-state index contributed by atoms with van der Waals surface area (Å²) in [6.45, 7) is 4.67. The fraction of sp³-hybridized carbons (Fsp3) is 0.500. The lowest BCUT2D eigenvalue weighted by molar-refractivity contribution is 0.154. The summed E-state index contributed by atoms with van der Waals surface area (Å²) < 4.78 is 16.1. The fourth-order valence-corrected chi connectivity index (χ4v) is 1.67. The van der Waals surface area contributed by atoms with Crippen molar-refractivity contribution in [3.63, 3.8) is 0 Å². The van der Waals surface area contributed by atoms with Crippen LogP contribution in [0.2, 0.25) is 0 Å². The fourth-order valence-electron chi connectivity index (χ4n) is 1.67. The second kappa shape index (κ2) is 5.79. The van der Waals surface area contributed by atoms with Gasteiger partial charge in [0.25, 0.3) is 0 Å². The van der Waals surface area contributed by atoms with Gasteiger partial charge in [0.15, 0.2) is 0 Å². The van der Waals surface area contributed by atoms with Crippen molar-refractivity contribution in [3.8, 4) is 0 Å². The van der Waals surface area contributed by atoms with Crippen molar-refractivity contribution in [2.75, 3.05) is 13.7 Å². The standard InChI is InChI=1S/C12H17N3O3/c1-8-4-5-11(17-8)10(7-16-3)13-6-12-15-14-9(2)18-12/h4-5,10,13H,6-7H2,1-3H3. The Morgan fingerprint density at radius 1 is 1.28 bits per heavy atom. The highest BCUT2D eigenvalue weighted by molar-refractivity contribution is 5.09. The van der Waals surface area contributed by atoms with Gasteiger partial charge in [0.05, 0.1) is 19.2 Å². The number of aryl methyl sites for hydroxylation is 2. The summed E-state index contributed by atoms with van der Waals surface area (Å²) in [5, 5.41) is 11.0. The molecule has 0 spiro atoms. The molecular weight excluding hydrogens is 234 g/mol. The summed E-state index contributed by atoms with van der Waals surface area (Å²) in [4.78, 5) is 0. The Morgan fingerprint density at radius 2 is 2.11 bits per heavy atom. The molecule has 0 aliphatic rings. The van der Waals surface area contributed by atoms with Gasteiger partial charge in [0.1, 0.15) is 11.5 Å². The van der Waals surface area contributed by atoms with E-state index in [1.165, 1.54) is 0 Å². The Balaban J connectivity index is 1.98. The maximum absolute atomic E-state index is 5.58. The molecule has 0 radical (unpaired) electrons. The van der Waals surface area contributed by atoms with Gasteiger partial charge in [0.2, 0.25) is 11.8 Å². The molecule has 0 saturated carbocycles. The van der Waals surface area contributed by atoms with Gasteiger partial charge in [-0.05, 0) is 19.1 Å². The number of aromatic nitrogens is 2. The van der Waals surface area contributed by atoms with E-state index in [9.17, 15) is 0 Å². The van der Waals surface area contributed by atoms with E-state index in [0.717, 1.165) is 11.5 Å². The molecular formula is C12H17N3O3. The Kier molecular flexibility index (Phi) is 4.11. The molecule has 6 heteroatoms. The van der Waals surface area contributed by atoms with Crippen molar-refractivity contribution in [2.45, 2.75) is 26.4 Å². The van der Waals surface area contributed by atoms with Crippen molar-refractivity contribution in [3.05, 3.63) is 35.4 Å². The predicted molar refractivity (Wildman–Crippen MR) is 63.9 cm³/mol. The topological polar surface area (TPSA) is 73.3 Å². The zero-order chi connectivity index (χ0) is 13.0. The van der Waals surface area contributed by atoms with E-state index in [0.29, 0.717) is 24.9 Å². The third kappa shape index (κ3) is 3.18. The first-order valence-corrected chi connectivity index (χ1v) is 5.76. The van der Waals surface area contributed by atoms with Crippen molar-refractivity contribution >= 4 is 0 Å². The average molecular weight is 251 g/mol. The lowest BCUT2D eigenvalue weighted by Crippen LogP contribution is -2.24. The van der Waals surface area contributed by atoms with Gasteiger partial charge in [-0.1, -0.05) is 0 Å². The number of nitrogens with zero attached hydrogens (tertiary/aromatic N) is 2. The van der Waals surface area contributed by atoms with Crippen LogP contribution in [0.25, 0.3) is 0 Å². The smallest absolute Gasteiger partial charge is 0.230 e. The quantitative estimate of drug-likeness (QED) is 0.843. The van der Waals surface area contributed by atoms with Gasteiger partial charge in [0, 0.05) is 14.0 Å². The molecule has 0 fully saturated rings. The van der Waals surface area contributed by atoms with Crippen LogP contribution in [-0.2, 0) is 11.3 Å². The molecule has 0 amide bonds. The van der Waals surface area contributed by atoms with Gasteiger partial charge in [-0.25, -0.2) is 0 Å². The Morgan fingerprint density at radius 3 is 2.67 bits per heavy atom. The normalized spacial score (nSPS) is 12.8. The van der Waals surface area contributed by atoms with Crippen LogP contribution in [0.5, 0.6) is 0 Å². The van der Waals surface area contributed by atoms with Gasteiger partial charge in [-0.15, -0.1) is 10.2 Å². The zero-order valence-electron chi connectivity index (χ0n) is 10.8. The van der Waals surface area contributed by atoms with E-state index in [2.05, 4.69) is 15.5 Å². The van der Waals surface area contributed by atoms with Gasteiger partial charge in [-0.2, -0.15) is 0 Å². The van der Waals surface area contributed by atoms with E-state index < -0.39 is 0 Å². The molecule has 2 heterocycles. The molecule has 1 unspecified atom stereocenters. The van der Waals surface area contributed by atoms with Crippen molar-refractivity contribution in [1.29, 1.82) is 0 Å². The van der Waals surface area contributed by atoms with Crippen LogP contribution >= 0.6 is 0 Å². The molecule has 0 aliphatic heterocycles. The number of nitrogens with one attached hydrogen (secondary N) is 1. The third-order valence-corrected chi connectivity index (χ3v) is 2.51. The first-order chi connectivity index (χ1) is 8.69. The lowest BCUT2D eigenvalue weighted by atomic mass is 10.2. The second-order valence-corrected chi connectivity index (χ2v) is 4.05. The van der Waals surface area contributed by atoms with Gasteiger partial charge >= 0.3 is 0 Å². The summed E-state index contributed by atoms with van der Waals surface area (Å²) in [7, 11) is 1.65. The maximum Gasteiger partial charge on any atom is 0.230 e. The van der Waals surface area contributed by atoms with Crippen LogP contribution in [0.15, 0.2) is 21.0 Å². The van der Waals surface area contributed by atoms with Crippen LogP contribution < -0.4 is 5.32 Å². The average Bonchev–Trinajstić information content (AvgIpc) is 2.94. The molecule has 2 aromatic heterocycles. The maximum atomic E-state index is 5.58. The molecule has 0 saturated heterocycles. The lowest BCUT2D eigenvalue weighted by Gasteiger charge is -2.14. The number of ether oxygens (including phenoxy) is 1. The van der Waals surface area contributed by atoms with Crippen molar-refractivity contribution < 1.29 is 13.6 Å². The van der Waals surface area contributed by atoms with Crippen LogP contribution in [0.3, 0.4) is 0 Å². The minimum Gasteiger partial charge on any atom is -0.465 e. The summed E-state index contributed by atoms with van der Waals surface area (Å²) >= 11 is 0.